The number of anilines is 1. The van der Waals surface area contributed by atoms with E-state index in [0.29, 0.717) is 22.8 Å². The molecule has 3 aromatic heterocycles. The summed E-state index contributed by atoms with van der Waals surface area (Å²) in [5.74, 6) is -0.351. The number of nitriles is 1. The van der Waals surface area contributed by atoms with E-state index in [1.165, 1.54) is 17.4 Å². The molecule has 0 saturated carbocycles. The van der Waals surface area contributed by atoms with Gasteiger partial charge in [-0.1, -0.05) is 11.3 Å². The van der Waals surface area contributed by atoms with Crippen molar-refractivity contribution in [2.45, 2.75) is 25.8 Å². The van der Waals surface area contributed by atoms with Crippen LogP contribution in [0.2, 0.25) is 0 Å². The highest BCUT2D eigenvalue weighted by Crippen LogP contribution is 2.34. The lowest BCUT2D eigenvalue weighted by atomic mass is 10.1. The van der Waals surface area contributed by atoms with Crippen molar-refractivity contribution in [2.75, 3.05) is 25.5 Å². The zero-order valence-electron chi connectivity index (χ0n) is 16.8. The van der Waals surface area contributed by atoms with Crippen LogP contribution in [-0.2, 0) is 0 Å². The van der Waals surface area contributed by atoms with Gasteiger partial charge >= 0.3 is 0 Å². The van der Waals surface area contributed by atoms with Crippen LogP contribution >= 0.6 is 11.3 Å². The maximum Gasteiger partial charge on any atom is 0.184 e. The number of halogens is 1. The van der Waals surface area contributed by atoms with E-state index in [0.717, 1.165) is 52.6 Å². The Morgan fingerprint density at radius 2 is 1.97 bits per heavy atom. The first-order chi connectivity index (χ1) is 14.5. The Bertz CT molecular complexity index is 1290. The fourth-order valence-electron chi connectivity index (χ4n) is 4.01. The Morgan fingerprint density at radius 3 is 2.73 bits per heavy atom. The summed E-state index contributed by atoms with van der Waals surface area (Å²) in [4.78, 5) is 11.2. The lowest BCUT2D eigenvalue weighted by Gasteiger charge is -2.29. The molecule has 4 aromatic rings. The Morgan fingerprint density at radius 1 is 1.17 bits per heavy atom. The molecule has 0 amide bonds. The number of nitrogens with zero attached hydrogens (tertiary/aromatic N) is 5. The minimum atomic E-state index is -0.351. The summed E-state index contributed by atoms with van der Waals surface area (Å²) in [6, 6.07) is 7.77. The summed E-state index contributed by atoms with van der Waals surface area (Å²) in [5.41, 5.74) is 3.80. The van der Waals surface area contributed by atoms with Gasteiger partial charge in [0, 0.05) is 18.4 Å². The molecule has 0 radical (unpaired) electrons. The molecule has 1 saturated heterocycles. The van der Waals surface area contributed by atoms with Crippen LogP contribution in [0.4, 0.5) is 9.52 Å². The molecule has 1 aliphatic heterocycles. The van der Waals surface area contributed by atoms with Crippen LogP contribution in [0.5, 0.6) is 0 Å². The van der Waals surface area contributed by atoms with Crippen LogP contribution in [0.1, 0.15) is 24.1 Å². The van der Waals surface area contributed by atoms with Crippen molar-refractivity contribution in [1.82, 2.24) is 19.3 Å². The number of pyridine rings is 1. The highest BCUT2D eigenvalue weighted by atomic mass is 32.1. The lowest BCUT2D eigenvalue weighted by Crippen LogP contribution is -2.36. The van der Waals surface area contributed by atoms with E-state index < -0.39 is 0 Å². The summed E-state index contributed by atoms with van der Waals surface area (Å²) < 4.78 is 17.5. The first kappa shape index (κ1) is 19.0. The van der Waals surface area contributed by atoms with E-state index >= 15 is 0 Å². The van der Waals surface area contributed by atoms with Crippen molar-refractivity contribution in [3.63, 3.8) is 0 Å². The van der Waals surface area contributed by atoms with E-state index in [1.807, 2.05) is 29.8 Å². The van der Waals surface area contributed by atoms with Crippen LogP contribution in [-0.4, -0.2) is 45.4 Å². The van der Waals surface area contributed by atoms with Gasteiger partial charge < -0.3 is 14.6 Å². The molecule has 0 aliphatic carbocycles. The van der Waals surface area contributed by atoms with Gasteiger partial charge in [0.25, 0.3) is 0 Å². The van der Waals surface area contributed by atoms with Gasteiger partial charge in [0.1, 0.15) is 11.6 Å². The number of nitrogens with one attached hydrogen (secondary N) is 1. The third-order valence-electron chi connectivity index (χ3n) is 5.62. The Balaban J connectivity index is 1.52. The molecule has 1 aromatic carbocycles. The molecular weight excluding hydrogens is 399 g/mol. The molecule has 0 bridgehead atoms. The minimum Gasteiger partial charge on any atom is -0.359 e. The number of likely N-dealkylation sites (tertiary alicyclic amines) is 1. The highest BCUT2D eigenvalue weighted by Gasteiger charge is 2.19. The zero-order chi connectivity index (χ0) is 20.8. The van der Waals surface area contributed by atoms with E-state index in [1.54, 1.807) is 6.07 Å². The molecule has 0 atom stereocenters. The number of thiazole rings is 1. The molecule has 8 heteroatoms. The fraction of sp³-hybridized carbons (Fsp3) is 0.318. The summed E-state index contributed by atoms with van der Waals surface area (Å²) >= 11 is 1.47. The zero-order valence-corrected chi connectivity index (χ0v) is 17.6. The van der Waals surface area contributed by atoms with Gasteiger partial charge in [0.15, 0.2) is 16.6 Å². The van der Waals surface area contributed by atoms with E-state index in [4.69, 9.17) is 0 Å². The largest absolute Gasteiger partial charge is 0.359 e. The number of aryl methyl sites for hydroxylation is 1. The summed E-state index contributed by atoms with van der Waals surface area (Å²) in [6.07, 6.45) is 5.86. The van der Waals surface area contributed by atoms with Crippen molar-refractivity contribution >= 4 is 32.3 Å². The predicted molar refractivity (Wildman–Crippen MR) is 117 cm³/mol. The maximum absolute atomic E-state index is 14.9. The van der Waals surface area contributed by atoms with Crippen LogP contribution < -0.4 is 5.32 Å². The van der Waals surface area contributed by atoms with Gasteiger partial charge in [0.05, 0.1) is 16.0 Å². The normalized spacial score (nSPS) is 15.7. The van der Waals surface area contributed by atoms with Crippen LogP contribution in [0.15, 0.2) is 30.6 Å². The number of hydrogen-bond donors (Lipinski definition) is 1. The number of rotatable bonds is 3. The molecule has 1 aliphatic rings. The molecule has 1 N–H and O–H groups in total. The van der Waals surface area contributed by atoms with Gasteiger partial charge in [-0.05, 0) is 69.2 Å². The highest BCUT2D eigenvalue weighted by molar-refractivity contribution is 7.22. The Kier molecular flexibility index (Phi) is 4.65. The Hall–Kier alpha value is -3.02. The second-order valence-corrected chi connectivity index (χ2v) is 8.94. The predicted octanol–water partition coefficient (Wildman–Crippen LogP) is 4.44. The fourth-order valence-corrected chi connectivity index (χ4v) is 5.00. The number of piperidine rings is 1. The average molecular weight is 421 g/mol. The molecule has 5 rings (SSSR count). The monoisotopic (exact) mass is 420 g/mol. The average Bonchev–Trinajstić information content (AvgIpc) is 3.31. The van der Waals surface area contributed by atoms with Crippen molar-refractivity contribution < 1.29 is 4.39 Å². The number of imidazole rings is 1. The van der Waals surface area contributed by atoms with Crippen molar-refractivity contribution in [3.05, 3.63) is 47.7 Å². The number of benzene rings is 1. The smallest absolute Gasteiger partial charge is 0.184 e. The number of hydrogen-bond acceptors (Lipinski definition) is 6. The van der Waals surface area contributed by atoms with Gasteiger partial charge in [-0.25, -0.2) is 14.4 Å². The molecule has 0 unspecified atom stereocenters. The molecular formula is C22H21FN6S. The third-order valence-corrected chi connectivity index (χ3v) is 6.55. The van der Waals surface area contributed by atoms with Crippen LogP contribution in [0, 0.1) is 24.1 Å². The summed E-state index contributed by atoms with van der Waals surface area (Å²) in [7, 11) is 2.13. The molecule has 4 heterocycles. The second kappa shape index (κ2) is 7.35. The SMILES string of the molecule is Cc1cn2cc(-c3cc(F)c4nc(NC5CCN(C)CC5)sc4c3)cc(C#N)c2n1. The molecule has 0 spiro atoms. The lowest BCUT2D eigenvalue weighted by molar-refractivity contribution is 0.264. The van der Waals surface area contributed by atoms with Gasteiger partial charge in [-0.15, -0.1) is 0 Å². The van der Waals surface area contributed by atoms with E-state index in [2.05, 4.69) is 33.3 Å². The second-order valence-electron chi connectivity index (χ2n) is 7.91. The van der Waals surface area contributed by atoms with Crippen molar-refractivity contribution in [1.29, 1.82) is 5.26 Å². The quantitative estimate of drug-likeness (QED) is 0.531. The molecule has 30 heavy (non-hydrogen) atoms. The molecule has 152 valence electrons. The molecule has 6 nitrogen and oxygen atoms in total. The Labute approximate surface area is 177 Å². The maximum atomic E-state index is 14.9. The standard InChI is InChI=1S/C22H21FN6S/c1-13-11-29-12-16(7-15(10-24)21(29)25-13)14-8-18(23)20-19(9-14)30-22(27-20)26-17-3-5-28(2)6-4-17/h7-9,11-12,17H,3-6H2,1-2H3,(H,26,27). The van der Waals surface area contributed by atoms with Crippen molar-refractivity contribution in [3.8, 4) is 17.2 Å². The van der Waals surface area contributed by atoms with Gasteiger partial charge in [-0.2, -0.15) is 5.26 Å². The topological polar surface area (TPSA) is 69.2 Å². The summed E-state index contributed by atoms with van der Waals surface area (Å²) in [6.45, 7) is 3.99. The first-order valence-electron chi connectivity index (χ1n) is 9.95. The van der Waals surface area contributed by atoms with E-state index in [-0.39, 0.29) is 5.82 Å². The number of aromatic nitrogens is 3. The number of fused-ring (bicyclic) bond motifs is 2. The molecule has 1 fully saturated rings. The van der Waals surface area contributed by atoms with Gasteiger partial charge in [-0.3, -0.25) is 0 Å². The van der Waals surface area contributed by atoms with Crippen LogP contribution in [0.25, 0.3) is 27.0 Å². The van der Waals surface area contributed by atoms with Crippen molar-refractivity contribution in [2.24, 2.45) is 0 Å². The summed E-state index contributed by atoms with van der Waals surface area (Å²) in [5, 5.41) is 13.8. The van der Waals surface area contributed by atoms with E-state index in [9.17, 15) is 9.65 Å². The van der Waals surface area contributed by atoms with Gasteiger partial charge in [0.2, 0.25) is 0 Å². The first-order valence-corrected chi connectivity index (χ1v) is 10.8. The minimum absolute atomic E-state index is 0.351. The third kappa shape index (κ3) is 3.40. The van der Waals surface area contributed by atoms with Crippen LogP contribution in [0.3, 0.4) is 0 Å².